The molecule has 5 rings (SSSR count). The molecule has 224 valence electrons. The van der Waals surface area contributed by atoms with Crippen LogP contribution in [0.15, 0.2) is 76.0 Å². The maximum absolute atomic E-state index is 13.5. The molecule has 13 nitrogen and oxygen atoms in total. The summed E-state index contributed by atoms with van der Waals surface area (Å²) in [6.45, 7) is -0.583. The fourth-order valence-corrected chi connectivity index (χ4v) is 4.41. The van der Waals surface area contributed by atoms with Crippen LogP contribution in [0.25, 0.3) is 28.4 Å². The highest BCUT2D eigenvalue weighted by atomic mass is 16.7. The van der Waals surface area contributed by atoms with Crippen molar-refractivity contribution in [2.75, 3.05) is 6.61 Å². The van der Waals surface area contributed by atoms with Crippen LogP contribution in [0.4, 0.5) is 0 Å². The summed E-state index contributed by atoms with van der Waals surface area (Å²) in [5, 5.41) is 70.6. The van der Waals surface area contributed by atoms with Gasteiger partial charge in [-0.1, -0.05) is 12.1 Å². The monoisotopic (exact) mass is 594 g/mol. The predicted molar refractivity (Wildman–Crippen MR) is 148 cm³/mol. The summed E-state index contributed by atoms with van der Waals surface area (Å²) in [7, 11) is 0. The van der Waals surface area contributed by atoms with E-state index in [1.165, 1.54) is 42.5 Å². The van der Waals surface area contributed by atoms with Crippen LogP contribution < -0.4 is 10.2 Å². The first-order valence-corrected chi connectivity index (χ1v) is 12.8. The van der Waals surface area contributed by atoms with Gasteiger partial charge in [-0.3, -0.25) is 4.79 Å². The fraction of sp³-hybridized carbons (Fsp3) is 0.200. The quantitative estimate of drug-likeness (QED) is 0.120. The van der Waals surface area contributed by atoms with Crippen LogP contribution in [-0.4, -0.2) is 79.0 Å². The smallest absolute Gasteiger partial charge is 0.330 e. The van der Waals surface area contributed by atoms with Crippen LogP contribution in [0.2, 0.25) is 0 Å². The van der Waals surface area contributed by atoms with Gasteiger partial charge < -0.3 is 54.4 Å². The van der Waals surface area contributed by atoms with Gasteiger partial charge in [0.05, 0.1) is 0 Å². The Morgan fingerprint density at radius 2 is 1.49 bits per heavy atom. The van der Waals surface area contributed by atoms with Gasteiger partial charge in [0.2, 0.25) is 17.5 Å². The third-order valence-electron chi connectivity index (χ3n) is 6.64. The molecule has 0 aliphatic carbocycles. The summed E-state index contributed by atoms with van der Waals surface area (Å²) in [4.78, 5) is 25.8. The lowest BCUT2D eigenvalue weighted by Gasteiger charge is -2.39. The van der Waals surface area contributed by atoms with Gasteiger partial charge in [0.1, 0.15) is 65.0 Å². The van der Waals surface area contributed by atoms with Crippen molar-refractivity contribution in [2.45, 2.75) is 30.7 Å². The molecule has 2 unspecified atom stereocenters. The highest BCUT2D eigenvalue weighted by Gasteiger charge is 2.46. The van der Waals surface area contributed by atoms with E-state index in [2.05, 4.69) is 0 Å². The zero-order chi connectivity index (χ0) is 30.8. The van der Waals surface area contributed by atoms with Crippen molar-refractivity contribution in [1.29, 1.82) is 0 Å². The Balaban J connectivity index is 1.42. The highest BCUT2D eigenvalue weighted by molar-refractivity contribution is 5.88. The number of esters is 1. The van der Waals surface area contributed by atoms with Crippen LogP contribution >= 0.6 is 0 Å². The van der Waals surface area contributed by atoms with Gasteiger partial charge in [0, 0.05) is 23.8 Å². The molecule has 43 heavy (non-hydrogen) atoms. The van der Waals surface area contributed by atoms with Crippen molar-refractivity contribution < 1.29 is 59.2 Å². The molecule has 0 amide bonds. The summed E-state index contributed by atoms with van der Waals surface area (Å²) in [6, 6.07) is 13.4. The predicted octanol–water partition coefficient (Wildman–Crippen LogP) is 1.73. The summed E-state index contributed by atoms with van der Waals surface area (Å²) in [6.07, 6.45) is -6.17. The average molecular weight is 595 g/mol. The van der Waals surface area contributed by atoms with Crippen LogP contribution in [0.5, 0.6) is 28.7 Å². The maximum atomic E-state index is 13.5. The lowest BCUT2D eigenvalue weighted by molar-refractivity contribution is -0.278. The summed E-state index contributed by atoms with van der Waals surface area (Å²) in [5.41, 5.74) is -0.328. The number of aliphatic hydroxyl groups excluding tert-OH is 3. The minimum absolute atomic E-state index is 0.0495. The second kappa shape index (κ2) is 12.0. The first-order chi connectivity index (χ1) is 20.5. The molecular weight excluding hydrogens is 568 g/mol. The summed E-state index contributed by atoms with van der Waals surface area (Å²) in [5.74, 6) is -2.70. The average Bonchev–Trinajstić information content (AvgIpc) is 2.97. The van der Waals surface area contributed by atoms with Gasteiger partial charge in [0.15, 0.2) is 5.76 Å². The molecule has 1 saturated heterocycles. The number of aliphatic hydroxyl groups is 3. The van der Waals surface area contributed by atoms with E-state index in [4.69, 9.17) is 18.6 Å². The van der Waals surface area contributed by atoms with E-state index >= 15 is 0 Å². The van der Waals surface area contributed by atoms with Crippen LogP contribution in [0.1, 0.15) is 5.56 Å². The van der Waals surface area contributed by atoms with Crippen molar-refractivity contribution >= 4 is 23.0 Å². The van der Waals surface area contributed by atoms with Crippen molar-refractivity contribution in [3.8, 4) is 40.1 Å². The minimum atomic E-state index is -1.90. The van der Waals surface area contributed by atoms with Gasteiger partial charge in [-0.15, -0.1) is 0 Å². The number of benzene rings is 3. The first kappa shape index (κ1) is 29.4. The van der Waals surface area contributed by atoms with E-state index in [1.807, 2.05) is 0 Å². The molecule has 5 atom stereocenters. The summed E-state index contributed by atoms with van der Waals surface area (Å²) < 4.78 is 22.2. The van der Waals surface area contributed by atoms with Crippen LogP contribution in [0.3, 0.4) is 0 Å². The topological polar surface area (TPSA) is 217 Å². The molecule has 0 spiro atoms. The fourth-order valence-electron chi connectivity index (χ4n) is 4.41. The number of hydrogen-bond donors (Lipinski definition) is 7. The number of phenolic OH excluding ortho intramolecular Hbond substituents is 4. The zero-order valence-electron chi connectivity index (χ0n) is 22.1. The van der Waals surface area contributed by atoms with E-state index in [0.717, 1.165) is 18.2 Å². The molecule has 0 bridgehead atoms. The number of phenols is 4. The van der Waals surface area contributed by atoms with Crippen molar-refractivity contribution in [3.05, 3.63) is 82.5 Å². The number of rotatable bonds is 7. The molecule has 1 aromatic heterocycles. The molecule has 1 aliphatic rings. The SMILES string of the molecule is O=C(C=Cc1ccc(O)cc1)OC[C@H]1O[C@@H](Oc2c(-c3ccc(O)cc3)oc3cc(O)cc(O)c3c2=O)C(O)C(O)[C@@H]1O. The number of carbonyl (C=O) groups is 1. The number of hydrogen-bond acceptors (Lipinski definition) is 13. The number of aromatic hydroxyl groups is 4. The van der Waals surface area contributed by atoms with E-state index in [0.29, 0.717) is 5.56 Å². The van der Waals surface area contributed by atoms with E-state index in [1.54, 1.807) is 12.1 Å². The summed E-state index contributed by atoms with van der Waals surface area (Å²) >= 11 is 0. The van der Waals surface area contributed by atoms with Gasteiger partial charge in [-0.25, -0.2) is 4.79 Å². The van der Waals surface area contributed by atoms with Crippen LogP contribution in [-0.2, 0) is 14.3 Å². The number of fused-ring (bicyclic) bond motifs is 1. The minimum Gasteiger partial charge on any atom is -0.508 e. The normalized spacial score (nSPS) is 22.1. The molecule has 2 heterocycles. The van der Waals surface area contributed by atoms with Crippen molar-refractivity contribution in [2.24, 2.45) is 0 Å². The number of carbonyl (C=O) groups excluding carboxylic acids is 1. The number of ether oxygens (including phenoxy) is 3. The lowest BCUT2D eigenvalue weighted by atomic mass is 9.99. The highest BCUT2D eigenvalue weighted by Crippen LogP contribution is 2.37. The Bertz CT molecular complexity index is 1710. The van der Waals surface area contributed by atoms with Gasteiger partial charge in [0.25, 0.3) is 0 Å². The Hall–Kier alpha value is -5.08. The Morgan fingerprint density at radius 1 is 0.837 bits per heavy atom. The molecule has 4 aromatic rings. The second-order valence-electron chi connectivity index (χ2n) is 9.66. The standard InChI is InChI=1S/C30H26O13/c31-16-6-1-14(2-7-16)3-10-22(35)40-13-21-24(36)26(38)27(39)30(42-21)43-29-25(37)23-19(34)11-18(33)12-20(23)41-28(29)15-4-8-17(32)9-5-15/h1-12,21,24,26-27,30-34,36,38-39H,13H2/t21-,24-,26?,27?,30+/m1/s1. The molecule has 3 aromatic carbocycles. The molecule has 7 N–H and O–H groups in total. The zero-order valence-corrected chi connectivity index (χ0v) is 22.1. The van der Waals surface area contributed by atoms with E-state index in [-0.39, 0.29) is 33.8 Å². The molecule has 1 aliphatic heterocycles. The molecule has 13 heteroatoms. The van der Waals surface area contributed by atoms with Gasteiger partial charge >= 0.3 is 5.97 Å². The third-order valence-corrected chi connectivity index (χ3v) is 6.64. The molecule has 0 saturated carbocycles. The van der Waals surface area contributed by atoms with Gasteiger partial charge in [-0.05, 0) is 48.0 Å². The van der Waals surface area contributed by atoms with E-state index in [9.17, 15) is 45.3 Å². The van der Waals surface area contributed by atoms with Crippen LogP contribution in [0, 0.1) is 0 Å². The first-order valence-electron chi connectivity index (χ1n) is 12.8. The van der Waals surface area contributed by atoms with Crippen molar-refractivity contribution in [1.82, 2.24) is 0 Å². The Labute approximate surface area is 242 Å². The van der Waals surface area contributed by atoms with Gasteiger partial charge in [-0.2, -0.15) is 0 Å². The molecule has 1 fully saturated rings. The lowest BCUT2D eigenvalue weighted by Crippen LogP contribution is -2.60. The molecule has 0 radical (unpaired) electrons. The maximum Gasteiger partial charge on any atom is 0.330 e. The molecular formula is C30H26O13. The van der Waals surface area contributed by atoms with E-state index < -0.39 is 66.0 Å². The second-order valence-corrected chi connectivity index (χ2v) is 9.66. The Morgan fingerprint density at radius 3 is 2.16 bits per heavy atom. The Kier molecular flexibility index (Phi) is 8.23. The van der Waals surface area contributed by atoms with Crippen molar-refractivity contribution in [3.63, 3.8) is 0 Å². The largest absolute Gasteiger partial charge is 0.508 e. The third kappa shape index (κ3) is 6.24.